The van der Waals surface area contributed by atoms with Crippen molar-refractivity contribution in [1.29, 1.82) is 0 Å². The van der Waals surface area contributed by atoms with Gasteiger partial charge >= 0.3 is 0 Å². The summed E-state index contributed by atoms with van der Waals surface area (Å²) in [6.45, 7) is 3.53. The summed E-state index contributed by atoms with van der Waals surface area (Å²) in [6.07, 6.45) is 0. The lowest BCUT2D eigenvalue weighted by Crippen LogP contribution is -2.29. The molecule has 0 unspecified atom stereocenters. The summed E-state index contributed by atoms with van der Waals surface area (Å²) < 4.78 is 0. The van der Waals surface area contributed by atoms with Crippen molar-refractivity contribution < 1.29 is 10.0 Å². The predicted molar refractivity (Wildman–Crippen MR) is 92.2 cm³/mol. The number of carbonyl (C=O) groups is 1. The maximum Gasteiger partial charge on any atom is 0.279 e. The highest BCUT2D eigenvalue weighted by Crippen LogP contribution is 2.13. The third kappa shape index (κ3) is 4.41. The zero-order chi connectivity index (χ0) is 16.7. The molecule has 0 heterocycles. The fourth-order valence-corrected chi connectivity index (χ4v) is 1.89. The largest absolute Gasteiger partial charge is 0.410 e. The second-order valence-corrected chi connectivity index (χ2v) is 4.89. The molecule has 0 aliphatic carbocycles. The Balaban J connectivity index is 2.09. The highest BCUT2D eigenvalue weighted by Gasteiger charge is 2.16. The van der Waals surface area contributed by atoms with E-state index in [9.17, 15) is 4.79 Å². The Bertz CT molecular complexity index is 739. The summed E-state index contributed by atoms with van der Waals surface area (Å²) in [6, 6.07) is 16.5. The smallest absolute Gasteiger partial charge is 0.279 e. The summed E-state index contributed by atoms with van der Waals surface area (Å²) >= 11 is 0. The summed E-state index contributed by atoms with van der Waals surface area (Å²) in [5.41, 5.74) is 5.41. The van der Waals surface area contributed by atoms with E-state index >= 15 is 0 Å². The van der Waals surface area contributed by atoms with Crippen LogP contribution in [0, 0.1) is 6.92 Å². The summed E-state index contributed by atoms with van der Waals surface area (Å²) in [4.78, 5) is 12.2. The van der Waals surface area contributed by atoms with E-state index in [0.29, 0.717) is 5.69 Å². The van der Waals surface area contributed by atoms with Gasteiger partial charge in [-0.3, -0.25) is 10.2 Å². The van der Waals surface area contributed by atoms with Crippen LogP contribution in [-0.4, -0.2) is 22.5 Å². The maximum absolute atomic E-state index is 12.2. The topological polar surface area (TPSA) is 86.1 Å². The van der Waals surface area contributed by atoms with Crippen molar-refractivity contribution in [3.63, 3.8) is 0 Å². The first-order chi connectivity index (χ1) is 11.1. The Labute approximate surface area is 134 Å². The standard InChI is InChI=1S/C17H18N4O2/c1-12-8-6-7-11-15(12)20-19-13(2)16(21-23)17(22)18-14-9-4-3-5-10-14/h3-11,20,23H,1-2H3,(H,18,22)/b19-13-,21-16-. The molecule has 2 rings (SSSR count). The van der Waals surface area contributed by atoms with Crippen molar-refractivity contribution in [2.45, 2.75) is 13.8 Å². The lowest BCUT2D eigenvalue weighted by Gasteiger charge is -2.08. The lowest BCUT2D eigenvalue weighted by molar-refractivity contribution is -0.110. The minimum Gasteiger partial charge on any atom is -0.410 e. The van der Waals surface area contributed by atoms with Crippen LogP contribution in [0.25, 0.3) is 0 Å². The fraction of sp³-hybridized carbons (Fsp3) is 0.118. The molecule has 0 aromatic heterocycles. The molecule has 23 heavy (non-hydrogen) atoms. The number of oxime groups is 1. The van der Waals surface area contributed by atoms with Crippen LogP contribution in [0.3, 0.4) is 0 Å². The molecule has 0 aliphatic rings. The van der Waals surface area contributed by atoms with E-state index in [1.54, 1.807) is 31.2 Å². The van der Waals surface area contributed by atoms with Crippen molar-refractivity contribution in [1.82, 2.24) is 0 Å². The summed E-state index contributed by atoms with van der Waals surface area (Å²) in [5, 5.41) is 18.9. The third-order valence-corrected chi connectivity index (χ3v) is 3.18. The van der Waals surface area contributed by atoms with Crippen molar-refractivity contribution in [3.8, 4) is 0 Å². The zero-order valence-corrected chi connectivity index (χ0v) is 12.9. The number of nitrogens with one attached hydrogen (secondary N) is 2. The second-order valence-electron chi connectivity index (χ2n) is 4.89. The van der Waals surface area contributed by atoms with Crippen LogP contribution in [0.4, 0.5) is 11.4 Å². The number of carbonyl (C=O) groups excluding carboxylic acids is 1. The number of hydrogen-bond donors (Lipinski definition) is 3. The first kappa shape index (κ1) is 16.2. The molecular weight excluding hydrogens is 292 g/mol. The van der Waals surface area contributed by atoms with Crippen LogP contribution in [0.5, 0.6) is 0 Å². The number of anilines is 2. The monoisotopic (exact) mass is 310 g/mol. The molecule has 0 spiro atoms. The molecule has 6 heteroatoms. The first-order valence-corrected chi connectivity index (χ1v) is 7.06. The highest BCUT2D eigenvalue weighted by molar-refractivity contribution is 6.68. The number of benzene rings is 2. The van der Waals surface area contributed by atoms with Crippen LogP contribution >= 0.6 is 0 Å². The van der Waals surface area contributed by atoms with Gasteiger partial charge in [0.05, 0.1) is 11.4 Å². The number of para-hydroxylation sites is 2. The molecule has 0 atom stereocenters. The van der Waals surface area contributed by atoms with E-state index in [2.05, 4.69) is 21.0 Å². The van der Waals surface area contributed by atoms with Gasteiger partial charge in [0.15, 0.2) is 5.71 Å². The molecule has 0 saturated heterocycles. The quantitative estimate of drug-likeness (QED) is 0.450. The van der Waals surface area contributed by atoms with Crippen LogP contribution < -0.4 is 10.7 Å². The van der Waals surface area contributed by atoms with Gasteiger partial charge in [-0.2, -0.15) is 5.10 Å². The van der Waals surface area contributed by atoms with Gasteiger partial charge in [-0.1, -0.05) is 41.6 Å². The number of hydrogen-bond acceptors (Lipinski definition) is 5. The number of nitrogens with zero attached hydrogens (tertiary/aromatic N) is 2. The summed E-state index contributed by atoms with van der Waals surface area (Å²) in [5.74, 6) is -0.536. The average molecular weight is 310 g/mol. The van der Waals surface area contributed by atoms with Crippen molar-refractivity contribution in [3.05, 3.63) is 60.2 Å². The van der Waals surface area contributed by atoms with Gasteiger partial charge in [-0.15, -0.1) is 0 Å². The van der Waals surface area contributed by atoms with Gasteiger partial charge in [-0.25, -0.2) is 0 Å². The van der Waals surface area contributed by atoms with Gasteiger partial charge in [-0.05, 0) is 37.6 Å². The van der Waals surface area contributed by atoms with Gasteiger partial charge < -0.3 is 10.5 Å². The molecule has 0 fully saturated rings. The third-order valence-electron chi connectivity index (χ3n) is 3.18. The fourth-order valence-electron chi connectivity index (χ4n) is 1.89. The normalized spacial score (nSPS) is 11.9. The number of amides is 1. The van der Waals surface area contributed by atoms with Crippen molar-refractivity contribution in [2.75, 3.05) is 10.7 Å². The summed E-state index contributed by atoms with van der Waals surface area (Å²) in [7, 11) is 0. The van der Waals surface area contributed by atoms with Gasteiger partial charge in [0.2, 0.25) is 0 Å². The van der Waals surface area contributed by atoms with Gasteiger partial charge in [0.1, 0.15) is 0 Å². The highest BCUT2D eigenvalue weighted by atomic mass is 16.4. The van der Waals surface area contributed by atoms with E-state index < -0.39 is 5.91 Å². The number of aryl methyl sites for hydroxylation is 1. The molecule has 0 aliphatic heterocycles. The average Bonchev–Trinajstić information content (AvgIpc) is 2.55. The Kier molecular flexibility index (Phi) is 5.46. The molecule has 6 nitrogen and oxygen atoms in total. The zero-order valence-electron chi connectivity index (χ0n) is 12.9. The molecular formula is C17H18N4O2. The second kappa shape index (κ2) is 7.74. The molecule has 3 N–H and O–H groups in total. The molecule has 0 bridgehead atoms. The van der Waals surface area contributed by atoms with E-state index in [4.69, 9.17) is 5.21 Å². The molecule has 0 radical (unpaired) electrons. The molecule has 0 saturated carbocycles. The van der Waals surface area contributed by atoms with E-state index in [1.807, 2.05) is 37.3 Å². The van der Waals surface area contributed by atoms with Crippen LogP contribution in [0.15, 0.2) is 64.9 Å². The first-order valence-electron chi connectivity index (χ1n) is 7.06. The predicted octanol–water partition coefficient (Wildman–Crippen LogP) is 3.25. The van der Waals surface area contributed by atoms with Crippen LogP contribution in [0.2, 0.25) is 0 Å². The van der Waals surface area contributed by atoms with Gasteiger partial charge in [0, 0.05) is 5.69 Å². The van der Waals surface area contributed by atoms with E-state index in [1.165, 1.54) is 0 Å². The Morgan fingerprint density at radius 1 is 1.04 bits per heavy atom. The molecule has 1 amide bonds. The Morgan fingerprint density at radius 3 is 2.35 bits per heavy atom. The SMILES string of the molecule is CC(=N/Nc1ccccc1C)/C(=N/O)C(=O)Nc1ccccc1. The Hall–Kier alpha value is -3.15. The molecule has 2 aromatic carbocycles. The van der Waals surface area contributed by atoms with Crippen molar-refractivity contribution >= 4 is 28.7 Å². The van der Waals surface area contributed by atoms with Crippen molar-refractivity contribution in [2.24, 2.45) is 10.3 Å². The van der Waals surface area contributed by atoms with E-state index in [-0.39, 0.29) is 11.4 Å². The minimum absolute atomic E-state index is 0.157. The Morgan fingerprint density at radius 2 is 1.70 bits per heavy atom. The number of hydrazone groups is 1. The minimum atomic E-state index is -0.536. The van der Waals surface area contributed by atoms with Crippen LogP contribution in [-0.2, 0) is 4.79 Å². The maximum atomic E-state index is 12.2. The lowest BCUT2D eigenvalue weighted by atomic mass is 10.2. The molecule has 2 aromatic rings. The van der Waals surface area contributed by atoms with Crippen LogP contribution in [0.1, 0.15) is 12.5 Å². The van der Waals surface area contributed by atoms with E-state index in [0.717, 1.165) is 11.3 Å². The molecule has 118 valence electrons. The van der Waals surface area contributed by atoms with Gasteiger partial charge in [0.25, 0.3) is 5.91 Å². The number of rotatable bonds is 5.